The predicted octanol–water partition coefficient (Wildman–Crippen LogP) is 4.34. The van der Waals surface area contributed by atoms with E-state index in [0.717, 1.165) is 16.9 Å². The molecule has 0 radical (unpaired) electrons. The predicted molar refractivity (Wildman–Crippen MR) is 110 cm³/mol. The molecule has 0 fully saturated rings. The Morgan fingerprint density at radius 3 is 2.46 bits per heavy atom. The van der Waals surface area contributed by atoms with Gasteiger partial charge in [-0.2, -0.15) is 0 Å². The van der Waals surface area contributed by atoms with Crippen molar-refractivity contribution < 1.29 is 14.3 Å². The lowest BCUT2D eigenvalue weighted by molar-refractivity contribution is -0.111. The third-order valence-electron chi connectivity index (χ3n) is 4.51. The first-order valence-electron chi connectivity index (χ1n) is 9.41. The number of nitrogens with one attached hydrogen (secondary N) is 1. The van der Waals surface area contributed by atoms with Gasteiger partial charge in [-0.3, -0.25) is 4.79 Å². The van der Waals surface area contributed by atoms with Crippen molar-refractivity contribution in [1.29, 1.82) is 0 Å². The average molecular weight is 376 g/mol. The Bertz CT molecular complexity index is 886. The normalized spacial score (nSPS) is 16.6. The zero-order valence-electron chi connectivity index (χ0n) is 16.1. The minimum atomic E-state index is -0.464. The quantitative estimate of drug-likeness (QED) is 0.732. The molecular formula is C23H24N2O3. The highest BCUT2D eigenvalue weighted by molar-refractivity contribution is 6.08. The number of nitrogens with zero attached hydrogens (tertiary/aromatic N) is 1. The summed E-state index contributed by atoms with van der Waals surface area (Å²) in [7, 11) is 0. The Balaban J connectivity index is 1.84. The largest absolute Gasteiger partial charge is 0.494 e. The van der Waals surface area contributed by atoms with Crippen LogP contribution in [0, 0.1) is 0 Å². The molecule has 0 spiro atoms. The van der Waals surface area contributed by atoms with Crippen molar-refractivity contribution in [1.82, 2.24) is 10.2 Å². The van der Waals surface area contributed by atoms with Crippen LogP contribution in [0.15, 0.2) is 72.4 Å². The van der Waals surface area contributed by atoms with Crippen LogP contribution in [0.3, 0.4) is 0 Å². The Labute approximate surface area is 165 Å². The summed E-state index contributed by atoms with van der Waals surface area (Å²) in [6, 6.07) is 16.4. The summed E-state index contributed by atoms with van der Waals surface area (Å²) >= 11 is 0. The third kappa shape index (κ3) is 4.49. The van der Waals surface area contributed by atoms with Gasteiger partial charge in [0.25, 0.3) is 0 Å². The van der Waals surface area contributed by atoms with Gasteiger partial charge in [0, 0.05) is 18.3 Å². The standard InChI is InChI=1S/C23H24N2O3/c1-3-25-16-20(22(24-23(25)27)18-8-6-5-7-9-18)21(26)15-12-17-10-13-19(14-11-17)28-4-2/h5-16,22H,3-4H2,1-2H3,(H,24,27). The van der Waals surface area contributed by atoms with Crippen molar-refractivity contribution >= 4 is 17.9 Å². The van der Waals surface area contributed by atoms with Gasteiger partial charge in [-0.05, 0) is 43.2 Å². The molecule has 1 unspecified atom stereocenters. The average Bonchev–Trinajstić information content (AvgIpc) is 2.73. The summed E-state index contributed by atoms with van der Waals surface area (Å²) in [5, 5.41) is 2.93. The lowest BCUT2D eigenvalue weighted by atomic mass is 9.94. The van der Waals surface area contributed by atoms with Crippen LogP contribution in [0.25, 0.3) is 6.08 Å². The lowest BCUT2D eigenvalue weighted by Crippen LogP contribution is -2.44. The molecule has 0 aliphatic carbocycles. The maximum absolute atomic E-state index is 12.9. The van der Waals surface area contributed by atoms with Gasteiger partial charge in [0.05, 0.1) is 12.6 Å². The van der Waals surface area contributed by atoms with Crippen molar-refractivity contribution in [2.75, 3.05) is 13.2 Å². The van der Waals surface area contributed by atoms with Crippen molar-refractivity contribution in [3.05, 3.63) is 83.6 Å². The van der Waals surface area contributed by atoms with E-state index in [1.165, 1.54) is 4.90 Å². The van der Waals surface area contributed by atoms with Gasteiger partial charge in [0.1, 0.15) is 5.75 Å². The Hall–Kier alpha value is -3.34. The minimum absolute atomic E-state index is 0.138. The van der Waals surface area contributed by atoms with Gasteiger partial charge in [0.15, 0.2) is 5.78 Å². The van der Waals surface area contributed by atoms with E-state index in [9.17, 15) is 9.59 Å². The molecule has 2 aromatic rings. The van der Waals surface area contributed by atoms with E-state index in [2.05, 4.69) is 5.32 Å². The molecule has 0 saturated heterocycles. The first-order chi connectivity index (χ1) is 13.6. The van der Waals surface area contributed by atoms with Gasteiger partial charge in [-0.1, -0.05) is 48.5 Å². The second-order valence-corrected chi connectivity index (χ2v) is 6.36. The Kier molecular flexibility index (Phi) is 6.27. The molecule has 2 aromatic carbocycles. The van der Waals surface area contributed by atoms with Gasteiger partial charge in [-0.15, -0.1) is 0 Å². The van der Waals surface area contributed by atoms with Crippen LogP contribution in [0.4, 0.5) is 4.79 Å². The number of hydrogen-bond acceptors (Lipinski definition) is 3. The molecule has 1 heterocycles. The second-order valence-electron chi connectivity index (χ2n) is 6.36. The molecule has 28 heavy (non-hydrogen) atoms. The number of allylic oxidation sites excluding steroid dienone is 1. The number of benzene rings is 2. The molecule has 1 atom stereocenters. The number of amides is 2. The summed E-state index contributed by atoms with van der Waals surface area (Å²) in [4.78, 5) is 26.7. The highest BCUT2D eigenvalue weighted by Crippen LogP contribution is 2.27. The van der Waals surface area contributed by atoms with Gasteiger partial charge in [-0.25, -0.2) is 4.79 Å². The van der Waals surface area contributed by atoms with Crippen LogP contribution in [0.1, 0.15) is 31.0 Å². The maximum Gasteiger partial charge on any atom is 0.322 e. The SMILES string of the molecule is CCOc1ccc(C=CC(=O)C2=CN(CC)C(=O)NC2c2ccccc2)cc1. The fourth-order valence-corrected chi connectivity index (χ4v) is 3.04. The fourth-order valence-electron chi connectivity index (χ4n) is 3.04. The number of carbonyl (C=O) groups is 2. The highest BCUT2D eigenvalue weighted by Gasteiger charge is 2.30. The summed E-state index contributed by atoms with van der Waals surface area (Å²) in [5.41, 5.74) is 2.32. The summed E-state index contributed by atoms with van der Waals surface area (Å²) in [6.45, 7) is 4.91. The van der Waals surface area contributed by atoms with Gasteiger partial charge < -0.3 is 15.0 Å². The molecule has 1 aliphatic rings. The number of ketones is 1. The van der Waals surface area contributed by atoms with Gasteiger partial charge >= 0.3 is 6.03 Å². The van der Waals surface area contributed by atoms with Crippen LogP contribution >= 0.6 is 0 Å². The van der Waals surface area contributed by atoms with Crippen molar-refractivity contribution in [3.63, 3.8) is 0 Å². The van der Waals surface area contributed by atoms with Crippen molar-refractivity contribution in [3.8, 4) is 5.75 Å². The van der Waals surface area contributed by atoms with Gasteiger partial charge in [0.2, 0.25) is 0 Å². The summed E-state index contributed by atoms with van der Waals surface area (Å²) in [6.07, 6.45) is 4.97. The smallest absolute Gasteiger partial charge is 0.322 e. The highest BCUT2D eigenvalue weighted by atomic mass is 16.5. The fraction of sp³-hybridized carbons (Fsp3) is 0.217. The van der Waals surface area contributed by atoms with E-state index in [4.69, 9.17) is 4.74 Å². The van der Waals surface area contributed by atoms with Crippen LogP contribution in [0.5, 0.6) is 5.75 Å². The summed E-state index contributed by atoms with van der Waals surface area (Å²) < 4.78 is 5.43. The number of hydrogen-bond donors (Lipinski definition) is 1. The lowest BCUT2D eigenvalue weighted by Gasteiger charge is -2.31. The zero-order valence-corrected chi connectivity index (χ0v) is 16.1. The number of urea groups is 1. The van der Waals surface area contributed by atoms with Crippen LogP contribution in [0.2, 0.25) is 0 Å². The first kappa shape index (κ1) is 19.4. The number of rotatable bonds is 7. The number of ether oxygens (including phenoxy) is 1. The molecule has 1 N–H and O–H groups in total. The molecule has 2 amide bonds. The van der Waals surface area contributed by atoms with Crippen LogP contribution in [-0.2, 0) is 4.79 Å². The molecule has 5 nitrogen and oxygen atoms in total. The second kappa shape index (κ2) is 9.04. The molecule has 3 rings (SSSR count). The third-order valence-corrected chi connectivity index (χ3v) is 4.51. The maximum atomic E-state index is 12.9. The molecular weight excluding hydrogens is 352 g/mol. The van der Waals surface area contributed by atoms with E-state index >= 15 is 0 Å². The monoisotopic (exact) mass is 376 g/mol. The Morgan fingerprint density at radius 1 is 1.11 bits per heavy atom. The van der Waals surface area contributed by atoms with E-state index in [1.54, 1.807) is 18.4 Å². The Morgan fingerprint density at radius 2 is 1.82 bits per heavy atom. The van der Waals surface area contributed by atoms with Crippen molar-refractivity contribution in [2.45, 2.75) is 19.9 Å². The topological polar surface area (TPSA) is 58.6 Å². The minimum Gasteiger partial charge on any atom is -0.494 e. The number of carbonyl (C=O) groups excluding carboxylic acids is 2. The van der Waals surface area contributed by atoms with Crippen molar-refractivity contribution in [2.24, 2.45) is 0 Å². The summed E-state index contributed by atoms with van der Waals surface area (Å²) in [5.74, 6) is 0.660. The molecule has 0 bridgehead atoms. The molecule has 0 aromatic heterocycles. The van der Waals surface area contributed by atoms with E-state index in [1.807, 2.05) is 68.4 Å². The molecule has 1 aliphatic heterocycles. The van der Waals surface area contributed by atoms with E-state index in [-0.39, 0.29) is 11.8 Å². The molecule has 0 saturated carbocycles. The van der Waals surface area contributed by atoms with Crippen LogP contribution < -0.4 is 10.1 Å². The molecule has 144 valence electrons. The molecule has 5 heteroatoms. The van der Waals surface area contributed by atoms with E-state index in [0.29, 0.717) is 18.7 Å². The van der Waals surface area contributed by atoms with E-state index < -0.39 is 6.04 Å². The van der Waals surface area contributed by atoms with Crippen LogP contribution in [-0.4, -0.2) is 29.9 Å². The zero-order chi connectivity index (χ0) is 19.9. The first-order valence-corrected chi connectivity index (χ1v) is 9.41.